The van der Waals surface area contributed by atoms with Crippen molar-refractivity contribution in [2.24, 2.45) is 0 Å². The maximum atomic E-state index is 13.6. The predicted molar refractivity (Wildman–Crippen MR) is 202 cm³/mol. The molecule has 11 nitrogen and oxygen atoms in total. The number of nitrogens with zero attached hydrogens (tertiary/aromatic N) is 3. The van der Waals surface area contributed by atoms with Crippen LogP contribution in [-0.2, 0) is 20.8 Å². The molecule has 2 aromatic carbocycles. The number of benzene rings is 2. The minimum atomic E-state index is -0.593. The lowest BCUT2D eigenvalue weighted by Crippen LogP contribution is -2.50. The Labute approximate surface area is 310 Å². The molecule has 1 aliphatic heterocycles. The second-order valence-corrected chi connectivity index (χ2v) is 17.4. The molecule has 3 fully saturated rings. The number of hydrogen-bond acceptors (Lipinski definition) is 8. The molecule has 3 amide bonds. The van der Waals surface area contributed by atoms with Crippen molar-refractivity contribution in [2.45, 2.75) is 142 Å². The summed E-state index contributed by atoms with van der Waals surface area (Å²) in [5.74, 6) is 1.02. The van der Waals surface area contributed by atoms with Crippen molar-refractivity contribution < 1.29 is 33.3 Å². The number of hydrogen-bond donors (Lipinski definition) is 1. The molecule has 0 radical (unpaired) electrons. The van der Waals surface area contributed by atoms with Crippen molar-refractivity contribution in [2.75, 3.05) is 31.1 Å². The summed E-state index contributed by atoms with van der Waals surface area (Å²) < 4.78 is 23.1. The van der Waals surface area contributed by atoms with Crippen LogP contribution in [0.15, 0.2) is 48.5 Å². The van der Waals surface area contributed by atoms with Crippen molar-refractivity contribution >= 4 is 24.0 Å². The molecule has 0 bridgehead atoms. The number of anilines is 1. The number of amides is 3. The normalized spacial score (nSPS) is 22.2. The number of carbonyl (C=O) groups is 3. The maximum absolute atomic E-state index is 13.6. The van der Waals surface area contributed by atoms with Crippen LogP contribution in [-0.4, -0.2) is 89.2 Å². The SMILES string of the molecule is CC(C)(C)OC(=O)NC1CCC(N(C(=O)OC(C)(C)C)C2CC2c2ccc(OCc3cccc(N4CCN(C(=O)OC(C)(C)C)CC4)c3)cc2)CC1. The van der Waals surface area contributed by atoms with Crippen LogP contribution in [0.2, 0.25) is 0 Å². The average molecular weight is 721 g/mol. The van der Waals surface area contributed by atoms with Crippen LogP contribution >= 0.6 is 0 Å². The molecule has 1 saturated heterocycles. The maximum Gasteiger partial charge on any atom is 0.410 e. The Morgan fingerprint density at radius 1 is 0.769 bits per heavy atom. The first-order valence-electron chi connectivity index (χ1n) is 18.9. The number of ether oxygens (including phenoxy) is 4. The highest BCUT2D eigenvalue weighted by Gasteiger charge is 2.49. The van der Waals surface area contributed by atoms with E-state index in [0.29, 0.717) is 19.7 Å². The zero-order valence-electron chi connectivity index (χ0n) is 32.7. The molecule has 2 aliphatic carbocycles. The summed E-state index contributed by atoms with van der Waals surface area (Å²) in [6.07, 6.45) is 3.10. The summed E-state index contributed by atoms with van der Waals surface area (Å²) in [6, 6.07) is 16.7. The van der Waals surface area contributed by atoms with E-state index >= 15 is 0 Å². The average Bonchev–Trinajstić information content (AvgIpc) is 3.83. The van der Waals surface area contributed by atoms with Gasteiger partial charge >= 0.3 is 18.3 Å². The van der Waals surface area contributed by atoms with E-state index in [1.165, 1.54) is 5.56 Å². The van der Waals surface area contributed by atoms with Gasteiger partial charge in [-0.25, -0.2) is 14.4 Å². The van der Waals surface area contributed by atoms with Gasteiger partial charge in [0, 0.05) is 55.9 Å². The van der Waals surface area contributed by atoms with E-state index in [1.54, 1.807) is 4.90 Å². The first-order chi connectivity index (χ1) is 24.3. The summed E-state index contributed by atoms with van der Waals surface area (Å²) in [7, 11) is 0. The van der Waals surface area contributed by atoms with Gasteiger partial charge < -0.3 is 39.0 Å². The van der Waals surface area contributed by atoms with Crippen molar-refractivity contribution in [1.29, 1.82) is 0 Å². The van der Waals surface area contributed by atoms with E-state index in [0.717, 1.165) is 62.2 Å². The number of alkyl carbamates (subject to hydrolysis) is 1. The second kappa shape index (κ2) is 15.8. The Kier molecular flexibility index (Phi) is 11.9. The summed E-state index contributed by atoms with van der Waals surface area (Å²) in [5.41, 5.74) is 1.72. The van der Waals surface area contributed by atoms with Gasteiger partial charge in [0.25, 0.3) is 0 Å². The Morgan fingerprint density at radius 2 is 1.38 bits per heavy atom. The third kappa shape index (κ3) is 11.4. The quantitative estimate of drug-likeness (QED) is 0.272. The third-order valence-electron chi connectivity index (χ3n) is 9.45. The van der Waals surface area contributed by atoms with E-state index in [4.69, 9.17) is 18.9 Å². The highest BCUT2D eigenvalue weighted by molar-refractivity contribution is 5.70. The molecule has 1 heterocycles. The third-order valence-corrected chi connectivity index (χ3v) is 9.45. The van der Waals surface area contributed by atoms with Crippen LogP contribution in [0.25, 0.3) is 0 Å². The Morgan fingerprint density at radius 3 is 1.98 bits per heavy atom. The van der Waals surface area contributed by atoms with E-state index in [1.807, 2.05) is 85.4 Å². The van der Waals surface area contributed by atoms with Crippen molar-refractivity contribution in [3.8, 4) is 5.75 Å². The predicted octanol–water partition coefficient (Wildman–Crippen LogP) is 8.25. The van der Waals surface area contributed by atoms with E-state index < -0.39 is 22.9 Å². The van der Waals surface area contributed by atoms with E-state index in [9.17, 15) is 14.4 Å². The zero-order chi connectivity index (χ0) is 37.8. The van der Waals surface area contributed by atoms with Crippen LogP contribution < -0.4 is 15.0 Å². The van der Waals surface area contributed by atoms with Gasteiger partial charge in [0.05, 0.1) is 0 Å². The lowest BCUT2D eigenvalue weighted by molar-refractivity contribution is 0.00739. The number of carbonyl (C=O) groups excluding carboxylic acids is 3. The molecule has 5 rings (SSSR count). The molecular weight excluding hydrogens is 660 g/mol. The lowest BCUT2D eigenvalue weighted by atomic mass is 9.90. The fourth-order valence-corrected chi connectivity index (χ4v) is 6.98. The Balaban J connectivity index is 1.13. The van der Waals surface area contributed by atoms with Gasteiger partial charge in [-0.05, 0) is 130 Å². The molecular formula is C41H60N4O7. The van der Waals surface area contributed by atoms with Crippen molar-refractivity contribution in [3.63, 3.8) is 0 Å². The number of nitrogens with one attached hydrogen (secondary N) is 1. The van der Waals surface area contributed by atoms with Crippen LogP contribution in [0.3, 0.4) is 0 Å². The molecule has 2 atom stereocenters. The van der Waals surface area contributed by atoms with E-state index in [2.05, 4.69) is 40.5 Å². The van der Waals surface area contributed by atoms with Gasteiger partial charge in [-0.3, -0.25) is 0 Å². The molecule has 52 heavy (non-hydrogen) atoms. The molecule has 11 heteroatoms. The minimum absolute atomic E-state index is 0.0261. The number of rotatable bonds is 8. The van der Waals surface area contributed by atoms with Crippen molar-refractivity contribution in [1.82, 2.24) is 15.1 Å². The standard InChI is InChI=1S/C41H60N4O7/c1-39(2,3)50-36(46)42-30-15-17-31(18-16-30)45(38(48)52-41(7,8)9)35-26-34(35)29-13-19-33(20-14-29)49-27-28-11-10-12-32(25-28)43-21-23-44(24-22-43)37(47)51-40(4,5)6/h10-14,19-20,25,30-31,34-35H,15-18,21-24,26-27H2,1-9H3,(H,42,46). The van der Waals surface area contributed by atoms with Gasteiger partial charge in [-0.15, -0.1) is 0 Å². The molecule has 2 aromatic rings. The summed E-state index contributed by atoms with van der Waals surface area (Å²) in [5, 5.41) is 3.01. The van der Waals surface area contributed by atoms with Gasteiger partial charge in [0.2, 0.25) is 0 Å². The molecule has 0 aromatic heterocycles. The Hall–Kier alpha value is -4.15. The fourth-order valence-electron chi connectivity index (χ4n) is 6.98. The van der Waals surface area contributed by atoms with Crippen LogP contribution in [0.5, 0.6) is 5.75 Å². The summed E-state index contributed by atoms with van der Waals surface area (Å²) in [6.45, 7) is 20.1. The molecule has 2 unspecified atom stereocenters. The van der Waals surface area contributed by atoms with Crippen LogP contribution in [0, 0.1) is 0 Å². The Bertz CT molecular complexity index is 1530. The second-order valence-electron chi connectivity index (χ2n) is 17.4. The van der Waals surface area contributed by atoms with Crippen LogP contribution in [0.1, 0.15) is 111 Å². The largest absolute Gasteiger partial charge is 0.489 e. The highest BCUT2D eigenvalue weighted by atomic mass is 16.6. The summed E-state index contributed by atoms with van der Waals surface area (Å²) in [4.78, 5) is 44.5. The fraction of sp³-hybridized carbons (Fsp3) is 0.634. The molecule has 1 N–H and O–H groups in total. The minimum Gasteiger partial charge on any atom is -0.489 e. The molecule has 286 valence electrons. The van der Waals surface area contributed by atoms with E-state index in [-0.39, 0.29) is 36.2 Å². The molecule has 0 spiro atoms. The first kappa shape index (κ1) is 39.1. The monoisotopic (exact) mass is 720 g/mol. The smallest absolute Gasteiger partial charge is 0.410 e. The van der Waals surface area contributed by atoms with Gasteiger partial charge in [0.1, 0.15) is 29.2 Å². The first-order valence-corrected chi connectivity index (χ1v) is 18.9. The van der Waals surface area contributed by atoms with Crippen molar-refractivity contribution in [3.05, 3.63) is 59.7 Å². The lowest BCUT2D eigenvalue weighted by Gasteiger charge is -2.38. The molecule has 3 aliphatic rings. The number of piperazine rings is 1. The van der Waals surface area contributed by atoms with Gasteiger partial charge in [0.15, 0.2) is 0 Å². The van der Waals surface area contributed by atoms with Gasteiger partial charge in [-0.1, -0.05) is 24.3 Å². The zero-order valence-corrected chi connectivity index (χ0v) is 32.7. The summed E-state index contributed by atoms with van der Waals surface area (Å²) >= 11 is 0. The topological polar surface area (TPSA) is 110 Å². The molecule has 2 saturated carbocycles. The highest BCUT2D eigenvalue weighted by Crippen LogP contribution is 2.47. The van der Waals surface area contributed by atoms with Gasteiger partial charge in [-0.2, -0.15) is 0 Å². The van der Waals surface area contributed by atoms with Crippen LogP contribution in [0.4, 0.5) is 20.1 Å².